The molecule has 0 saturated heterocycles. The monoisotopic (exact) mass is 283 g/mol. The molecule has 0 fully saturated rings. The van der Waals surface area contributed by atoms with E-state index in [0.717, 1.165) is 6.07 Å². The second-order valence-electron chi connectivity index (χ2n) is 4.29. The van der Waals surface area contributed by atoms with Crippen LogP contribution >= 0.6 is 0 Å². The summed E-state index contributed by atoms with van der Waals surface area (Å²) >= 11 is 0. The zero-order valence-electron chi connectivity index (χ0n) is 10.9. The SMILES string of the molecule is COC(=O)c1cn(C)cc1-c1ccccc1C(F)(F)F. The van der Waals surface area contributed by atoms with Crippen molar-refractivity contribution in [3.63, 3.8) is 0 Å². The van der Waals surface area contributed by atoms with Crippen LogP contribution < -0.4 is 0 Å². The molecular formula is C14H12F3NO2. The lowest BCUT2D eigenvalue weighted by molar-refractivity contribution is -0.137. The molecule has 0 aliphatic heterocycles. The minimum absolute atomic E-state index is 0.0407. The Hall–Kier alpha value is -2.24. The molecule has 1 heterocycles. The lowest BCUT2D eigenvalue weighted by atomic mass is 9.98. The lowest BCUT2D eigenvalue weighted by Crippen LogP contribution is -2.08. The fourth-order valence-corrected chi connectivity index (χ4v) is 2.04. The molecule has 0 saturated carbocycles. The van der Waals surface area contributed by atoms with Crippen molar-refractivity contribution in [3.8, 4) is 11.1 Å². The Kier molecular flexibility index (Phi) is 3.57. The van der Waals surface area contributed by atoms with Gasteiger partial charge in [-0.1, -0.05) is 18.2 Å². The zero-order chi connectivity index (χ0) is 14.9. The van der Waals surface area contributed by atoms with Gasteiger partial charge in [0.15, 0.2) is 0 Å². The van der Waals surface area contributed by atoms with E-state index < -0.39 is 17.7 Å². The van der Waals surface area contributed by atoms with Crippen molar-refractivity contribution in [2.45, 2.75) is 6.18 Å². The standard InChI is InChI=1S/C14H12F3NO2/c1-18-7-10(11(8-18)13(19)20-2)9-5-3-4-6-12(9)14(15,16)17/h3-8H,1-2H3. The van der Waals surface area contributed by atoms with Crippen LogP contribution in [0.15, 0.2) is 36.7 Å². The number of aryl methyl sites for hydroxylation is 1. The molecule has 0 atom stereocenters. The normalized spacial score (nSPS) is 11.4. The molecule has 0 aliphatic carbocycles. The summed E-state index contributed by atoms with van der Waals surface area (Å²) in [5, 5.41) is 0. The molecule has 0 amide bonds. The maximum absolute atomic E-state index is 13.0. The van der Waals surface area contributed by atoms with Crippen LogP contribution in [0.5, 0.6) is 0 Å². The molecule has 2 aromatic rings. The molecule has 0 radical (unpaired) electrons. The third-order valence-electron chi connectivity index (χ3n) is 2.88. The number of hydrogen-bond donors (Lipinski definition) is 0. The Balaban J connectivity index is 2.67. The predicted octanol–water partition coefficient (Wildman–Crippen LogP) is 3.50. The number of methoxy groups -OCH3 is 1. The number of ether oxygens (including phenoxy) is 1. The van der Waals surface area contributed by atoms with Gasteiger partial charge in [-0.2, -0.15) is 13.2 Å². The summed E-state index contributed by atoms with van der Waals surface area (Å²) in [4.78, 5) is 11.7. The second-order valence-corrected chi connectivity index (χ2v) is 4.29. The summed E-state index contributed by atoms with van der Waals surface area (Å²) in [7, 11) is 2.82. The van der Waals surface area contributed by atoms with Crippen molar-refractivity contribution in [3.05, 3.63) is 47.8 Å². The van der Waals surface area contributed by atoms with E-state index in [1.807, 2.05) is 0 Å². The molecule has 106 valence electrons. The minimum atomic E-state index is -4.49. The highest BCUT2D eigenvalue weighted by molar-refractivity contribution is 5.97. The number of benzene rings is 1. The van der Waals surface area contributed by atoms with Gasteiger partial charge in [-0.25, -0.2) is 4.79 Å². The van der Waals surface area contributed by atoms with Crippen LogP contribution in [0.2, 0.25) is 0 Å². The van der Waals surface area contributed by atoms with Crippen LogP contribution in [-0.4, -0.2) is 17.6 Å². The third kappa shape index (κ3) is 2.54. The molecule has 6 heteroatoms. The van der Waals surface area contributed by atoms with E-state index in [2.05, 4.69) is 4.74 Å². The molecule has 1 aromatic carbocycles. The number of rotatable bonds is 2. The number of esters is 1. The van der Waals surface area contributed by atoms with Gasteiger partial charge in [0.1, 0.15) is 0 Å². The summed E-state index contributed by atoms with van der Waals surface area (Å²) in [6.45, 7) is 0. The number of nitrogens with zero attached hydrogens (tertiary/aromatic N) is 1. The van der Waals surface area contributed by atoms with Crippen molar-refractivity contribution in [1.82, 2.24) is 4.57 Å². The van der Waals surface area contributed by atoms with Gasteiger partial charge in [-0.05, 0) is 11.6 Å². The van der Waals surface area contributed by atoms with Gasteiger partial charge in [0.2, 0.25) is 0 Å². The minimum Gasteiger partial charge on any atom is -0.465 e. The number of hydrogen-bond acceptors (Lipinski definition) is 2. The number of alkyl halides is 3. The van der Waals surface area contributed by atoms with Crippen molar-refractivity contribution in [2.75, 3.05) is 7.11 Å². The van der Waals surface area contributed by atoms with Crippen molar-refractivity contribution in [2.24, 2.45) is 7.05 Å². The number of halogens is 3. The Morgan fingerprint density at radius 3 is 2.40 bits per heavy atom. The van der Waals surface area contributed by atoms with E-state index in [-0.39, 0.29) is 16.7 Å². The first-order valence-corrected chi connectivity index (χ1v) is 5.75. The maximum atomic E-state index is 13.0. The molecule has 0 unspecified atom stereocenters. The molecule has 0 spiro atoms. The summed E-state index contributed by atoms with van der Waals surface area (Å²) in [6, 6.07) is 5.14. The Morgan fingerprint density at radius 2 is 1.80 bits per heavy atom. The second kappa shape index (κ2) is 5.03. The highest BCUT2D eigenvalue weighted by Gasteiger charge is 2.34. The van der Waals surface area contributed by atoms with Gasteiger partial charge in [-0.15, -0.1) is 0 Å². The van der Waals surface area contributed by atoms with E-state index in [0.29, 0.717) is 0 Å². The van der Waals surface area contributed by atoms with Gasteiger partial charge in [0, 0.05) is 25.0 Å². The molecule has 2 rings (SSSR count). The highest BCUT2D eigenvalue weighted by atomic mass is 19.4. The quantitative estimate of drug-likeness (QED) is 0.790. The Morgan fingerprint density at radius 1 is 1.15 bits per heavy atom. The first-order valence-electron chi connectivity index (χ1n) is 5.75. The summed E-state index contributed by atoms with van der Waals surface area (Å²) in [6.07, 6.45) is -1.58. The van der Waals surface area contributed by atoms with Gasteiger partial charge in [0.25, 0.3) is 0 Å². The number of carbonyl (C=O) groups excluding carboxylic acids is 1. The predicted molar refractivity (Wildman–Crippen MR) is 67.2 cm³/mol. The average Bonchev–Trinajstić information content (AvgIpc) is 2.79. The molecule has 0 N–H and O–H groups in total. The fourth-order valence-electron chi connectivity index (χ4n) is 2.04. The van der Waals surface area contributed by atoms with Crippen molar-refractivity contribution >= 4 is 5.97 Å². The molecular weight excluding hydrogens is 271 g/mol. The molecule has 1 aromatic heterocycles. The average molecular weight is 283 g/mol. The van der Waals surface area contributed by atoms with Crippen molar-refractivity contribution in [1.29, 1.82) is 0 Å². The third-order valence-corrected chi connectivity index (χ3v) is 2.88. The van der Waals surface area contributed by atoms with Crippen LogP contribution in [-0.2, 0) is 18.0 Å². The fraction of sp³-hybridized carbons (Fsp3) is 0.214. The van der Waals surface area contributed by atoms with Crippen LogP contribution in [0.3, 0.4) is 0 Å². The number of aromatic nitrogens is 1. The smallest absolute Gasteiger partial charge is 0.417 e. The number of carbonyl (C=O) groups is 1. The molecule has 3 nitrogen and oxygen atoms in total. The van der Waals surface area contributed by atoms with Crippen LogP contribution in [0.4, 0.5) is 13.2 Å². The van der Waals surface area contributed by atoms with Gasteiger partial charge in [-0.3, -0.25) is 0 Å². The van der Waals surface area contributed by atoms with E-state index in [1.54, 1.807) is 7.05 Å². The first-order chi connectivity index (χ1) is 9.34. The topological polar surface area (TPSA) is 31.2 Å². The zero-order valence-corrected chi connectivity index (χ0v) is 10.9. The summed E-state index contributed by atoms with van der Waals surface area (Å²) < 4.78 is 45.2. The first kappa shape index (κ1) is 14.2. The highest BCUT2D eigenvalue weighted by Crippen LogP contribution is 2.38. The largest absolute Gasteiger partial charge is 0.465 e. The van der Waals surface area contributed by atoms with Crippen LogP contribution in [0.1, 0.15) is 15.9 Å². The van der Waals surface area contributed by atoms with E-state index in [1.165, 1.54) is 42.3 Å². The van der Waals surface area contributed by atoms with Crippen LogP contribution in [0.25, 0.3) is 11.1 Å². The lowest BCUT2D eigenvalue weighted by Gasteiger charge is -2.12. The van der Waals surface area contributed by atoms with E-state index in [4.69, 9.17) is 0 Å². The van der Waals surface area contributed by atoms with Crippen molar-refractivity contribution < 1.29 is 22.7 Å². The molecule has 0 bridgehead atoms. The molecule has 20 heavy (non-hydrogen) atoms. The van der Waals surface area contributed by atoms with Crippen LogP contribution in [0, 0.1) is 0 Å². The Bertz CT molecular complexity index is 644. The summed E-state index contributed by atoms with van der Waals surface area (Å²) in [5.74, 6) is -0.669. The van der Waals surface area contributed by atoms with E-state index >= 15 is 0 Å². The van der Waals surface area contributed by atoms with E-state index in [9.17, 15) is 18.0 Å². The summed E-state index contributed by atoms with van der Waals surface area (Å²) in [5.41, 5.74) is -0.517. The van der Waals surface area contributed by atoms with Gasteiger partial charge >= 0.3 is 12.1 Å². The molecule has 0 aliphatic rings. The van der Waals surface area contributed by atoms with Gasteiger partial charge in [0.05, 0.1) is 18.2 Å². The van der Waals surface area contributed by atoms with Gasteiger partial charge < -0.3 is 9.30 Å². The maximum Gasteiger partial charge on any atom is 0.417 e. The Labute approximate surface area is 113 Å².